The zero-order chi connectivity index (χ0) is 32.4. The van der Waals surface area contributed by atoms with Crippen LogP contribution in [0.4, 0.5) is 18.9 Å². The van der Waals surface area contributed by atoms with Crippen molar-refractivity contribution in [3.63, 3.8) is 0 Å². The molecule has 0 radical (unpaired) electrons. The predicted octanol–water partition coefficient (Wildman–Crippen LogP) is 8.67. The summed E-state index contributed by atoms with van der Waals surface area (Å²) in [7, 11) is -3.46. The quantitative estimate of drug-likeness (QED) is 0.0856. The first-order valence-electron chi connectivity index (χ1n) is 12.7. The summed E-state index contributed by atoms with van der Waals surface area (Å²) in [4.78, 5) is 8.31. The number of aromatic nitrogens is 3. The number of pyridine rings is 2. The Kier molecular flexibility index (Phi) is 12.0. The largest absolute Gasteiger partial charge is 0.492 e. The molecule has 1 unspecified atom stereocenters. The fourth-order valence-electron chi connectivity index (χ4n) is 4.31. The van der Waals surface area contributed by atoms with Gasteiger partial charge in [-0.3, -0.25) is 8.96 Å². The summed E-state index contributed by atoms with van der Waals surface area (Å²) in [6.07, 6.45) is -0.982. The van der Waals surface area contributed by atoms with Gasteiger partial charge in [-0.2, -0.15) is 13.2 Å². The number of rotatable bonds is 12. The molecule has 9 nitrogen and oxygen atoms in total. The second-order valence-corrected chi connectivity index (χ2v) is 29.3. The molecule has 0 aliphatic rings. The number of ether oxygens (including phenoxy) is 2. The van der Waals surface area contributed by atoms with E-state index in [-0.39, 0.29) is 17.1 Å². The fraction of sp³-hybridized carbons (Fsp3) is 0.308. The lowest BCUT2D eigenvalue weighted by Crippen LogP contribution is -2.34. The fourth-order valence-corrected chi connectivity index (χ4v) is 10.6. The third-order valence-corrected chi connectivity index (χ3v) is 12.9. The zero-order valence-electron chi connectivity index (χ0n) is 23.2. The molecule has 4 rings (SSSR count). The van der Waals surface area contributed by atoms with Gasteiger partial charge in [-0.25, -0.2) is 17.7 Å². The third-order valence-electron chi connectivity index (χ3n) is 6.21. The summed E-state index contributed by atoms with van der Waals surface area (Å²) in [5.41, 5.74) is -0.0774. The minimum atomic E-state index is -4.90. The van der Waals surface area contributed by atoms with Crippen molar-refractivity contribution in [1.82, 2.24) is 13.9 Å². The van der Waals surface area contributed by atoms with Gasteiger partial charge in [0, 0.05) is 42.0 Å². The van der Waals surface area contributed by atoms with E-state index in [2.05, 4.69) is 54.0 Å². The van der Waals surface area contributed by atoms with Crippen molar-refractivity contribution >= 4 is 96.4 Å². The van der Waals surface area contributed by atoms with Crippen LogP contribution in [0.3, 0.4) is 0 Å². The number of aryl methyl sites for hydroxylation is 1. The van der Waals surface area contributed by atoms with E-state index in [9.17, 15) is 26.7 Å². The number of sulfonamides is 1. The van der Waals surface area contributed by atoms with E-state index in [0.717, 1.165) is 16.4 Å². The molecular weight excluding hydrogens is 890 g/mol. The molecule has 0 spiro atoms. The lowest BCUT2D eigenvalue weighted by atomic mass is 10.0. The summed E-state index contributed by atoms with van der Waals surface area (Å²) in [6, 6.07) is 5.57. The molecule has 4 aromatic rings. The van der Waals surface area contributed by atoms with Crippen LogP contribution in [0.2, 0.25) is 5.02 Å². The molecular formula is C26H25ClF3I2N4O5PS2. The van der Waals surface area contributed by atoms with E-state index in [1.54, 1.807) is 24.6 Å². The topological polar surface area (TPSA) is 107 Å². The van der Waals surface area contributed by atoms with Crippen molar-refractivity contribution < 1.29 is 36.2 Å². The van der Waals surface area contributed by atoms with Gasteiger partial charge in [-0.1, -0.05) is 18.5 Å². The summed E-state index contributed by atoms with van der Waals surface area (Å²) < 4.78 is 82.2. The molecule has 0 saturated carbocycles. The van der Waals surface area contributed by atoms with E-state index in [4.69, 9.17) is 21.1 Å². The number of halogens is 6. The van der Waals surface area contributed by atoms with Gasteiger partial charge >= 0.3 is 6.18 Å². The molecule has 0 bridgehead atoms. The van der Waals surface area contributed by atoms with Gasteiger partial charge in [-0.15, -0.1) is 0 Å². The van der Waals surface area contributed by atoms with Gasteiger partial charge < -0.3 is 14.6 Å². The lowest BCUT2D eigenvalue weighted by molar-refractivity contribution is -0.137. The number of nitrogens with zero attached hydrogens (tertiary/aromatic N) is 4. The number of anilines is 1. The van der Waals surface area contributed by atoms with Gasteiger partial charge in [0.2, 0.25) is 0 Å². The monoisotopic (exact) mass is 914 g/mol. The van der Waals surface area contributed by atoms with E-state index < -0.39 is 46.9 Å². The highest BCUT2D eigenvalue weighted by molar-refractivity contribution is 14.3. The normalized spacial score (nSPS) is 13.1. The van der Waals surface area contributed by atoms with Crippen molar-refractivity contribution in [3.8, 4) is 5.75 Å². The average Bonchev–Trinajstić information content (AvgIpc) is 3.35. The number of aliphatic hydroxyl groups excluding tert-OH is 1. The van der Waals surface area contributed by atoms with Gasteiger partial charge in [0.05, 0.1) is 39.7 Å². The van der Waals surface area contributed by atoms with Gasteiger partial charge in [0.15, 0.2) is 5.65 Å². The predicted molar refractivity (Wildman–Crippen MR) is 184 cm³/mol. The van der Waals surface area contributed by atoms with Crippen LogP contribution in [0.1, 0.15) is 41.8 Å². The second-order valence-electron chi connectivity index (χ2n) is 9.28. The van der Waals surface area contributed by atoms with Crippen LogP contribution in [0.5, 0.6) is 5.75 Å². The van der Waals surface area contributed by atoms with Crippen LogP contribution in [0.15, 0.2) is 53.8 Å². The number of aliphatic hydroxyl groups is 1. The standard InChI is InChI=1S/C26H25ClF3I2N4O5PS2/c1-4-9-41-21-13-34-25-17(7-8-35(25)43-42(31)32)22(21)24(37)23-20(10-15(2)12-33-23)36(14-40-3)44(38,39)16-5-6-19(27)18(11-16)26(28,29)30/h5-8,10-13,24,37H,4,9,14H2,1-3H3. The SMILES string of the molecule is CCCOc1cnc2c(ccn2SP(I)I)c1C(O)c1ncc(C)cc1N(COC)S(=O)(=O)c1ccc(Cl)c(C(F)(F)F)c1. The van der Waals surface area contributed by atoms with Crippen molar-refractivity contribution in [2.24, 2.45) is 0 Å². The Bertz CT molecular complexity index is 1770. The summed E-state index contributed by atoms with van der Waals surface area (Å²) >= 11 is 11.9. The molecule has 1 atom stereocenters. The smallest absolute Gasteiger partial charge is 0.417 e. The Morgan fingerprint density at radius 1 is 1.20 bits per heavy atom. The highest BCUT2D eigenvalue weighted by atomic mass is 127. The number of hydrogen-bond donors (Lipinski definition) is 1. The van der Waals surface area contributed by atoms with Gasteiger partial charge in [-0.05, 0) is 93.3 Å². The van der Waals surface area contributed by atoms with Crippen LogP contribution < -0.4 is 9.04 Å². The Hall–Kier alpha value is -1.15. The van der Waals surface area contributed by atoms with Crippen LogP contribution in [-0.4, -0.2) is 47.9 Å². The van der Waals surface area contributed by atoms with Crippen molar-refractivity contribution in [2.75, 3.05) is 24.8 Å². The number of methoxy groups -OCH3 is 1. The van der Waals surface area contributed by atoms with E-state index in [0.29, 0.717) is 41.3 Å². The maximum absolute atomic E-state index is 13.9. The van der Waals surface area contributed by atoms with E-state index in [1.165, 1.54) is 25.6 Å². The molecule has 0 amide bonds. The number of hydrogen-bond acceptors (Lipinski definition) is 8. The number of alkyl halides is 3. The van der Waals surface area contributed by atoms with Crippen LogP contribution >= 0.6 is 69.7 Å². The van der Waals surface area contributed by atoms with Gasteiger partial charge in [0.1, 0.15) is 21.0 Å². The van der Waals surface area contributed by atoms with Crippen molar-refractivity contribution in [1.29, 1.82) is 0 Å². The molecule has 1 aromatic carbocycles. The van der Waals surface area contributed by atoms with Crippen molar-refractivity contribution in [2.45, 2.75) is 37.4 Å². The zero-order valence-corrected chi connectivity index (χ0v) is 30.8. The highest BCUT2D eigenvalue weighted by Crippen LogP contribution is 2.65. The molecule has 3 aromatic heterocycles. The van der Waals surface area contributed by atoms with E-state index >= 15 is 0 Å². The first kappa shape index (κ1) is 35.7. The van der Waals surface area contributed by atoms with Crippen LogP contribution in [0.25, 0.3) is 11.0 Å². The summed E-state index contributed by atoms with van der Waals surface area (Å²) in [6.45, 7) is 3.32. The molecule has 44 heavy (non-hydrogen) atoms. The first-order chi connectivity index (χ1) is 20.7. The third kappa shape index (κ3) is 7.69. The second kappa shape index (κ2) is 14.7. The molecule has 3 heterocycles. The Morgan fingerprint density at radius 3 is 2.57 bits per heavy atom. The maximum Gasteiger partial charge on any atom is 0.417 e. The Labute approximate surface area is 288 Å². The Morgan fingerprint density at radius 2 is 1.93 bits per heavy atom. The number of fused-ring (bicyclic) bond motifs is 1. The first-order valence-corrected chi connectivity index (χ1v) is 22.8. The summed E-state index contributed by atoms with van der Waals surface area (Å²) in [5.74, 6) is 0.280. The van der Waals surface area contributed by atoms with Gasteiger partial charge in [0.25, 0.3) is 10.0 Å². The van der Waals surface area contributed by atoms with Crippen LogP contribution in [0, 0.1) is 6.92 Å². The molecule has 0 saturated heterocycles. The van der Waals surface area contributed by atoms with Crippen LogP contribution in [-0.2, 0) is 20.9 Å². The highest BCUT2D eigenvalue weighted by Gasteiger charge is 2.37. The minimum Gasteiger partial charge on any atom is -0.492 e. The lowest BCUT2D eigenvalue weighted by Gasteiger charge is -2.28. The maximum atomic E-state index is 13.9. The minimum absolute atomic E-state index is 0.0829. The molecule has 1 N–H and O–H groups in total. The summed E-state index contributed by atoms with van der Waals surface area (Å²) in [5, 5.41) is 11.9. The molecule has 18 heteroatoms. The molecule has 238 valence electrons. The van der Waals surface area contributed by atoms with E-state index in [1.807, 2.05) is 17.1 Å². The molecule has 0 aliphatic heterocycles. The Balaban J connectivity index is 1.93. The molecule has 0 aliphatic carbocycles. The molecule has 0 fully saturated rings. The average molecular weight is 915 g/mol. The number of benzene rings is 1. The van der Waals surface area contributed by atoms with Crippen molar-refractivity contribution in [3.05, 3.63) is 76.3 Å².